The van der Waals surface area contributed by atoms with E-state index in [-0.39, 0.29) is 24.7 Å². The van der Waals surface area contributed by atoms with E-state index in [0.29, 0.717) is 42.4 Å². The number of rotatable bonds is 9. The fourth-order valence-corrected chi connectivity index (χ4v) is 3.52. The molecule has 0 bridgehead atoms. The van der Waals surface area contributed by atoms with E-state index in [1.165, 1.54) is 12.3 Å². The molecule has 1 aliphatic heterocycles. The molecule has 0 amide bonds. The van der Waals surface area contributed by atoms with Crippen molar-refractivity contribution in [2.45, 2.75) is 13.1 Å². The normalized spacial score (nSPS) is 13.7. The number of aliphatic hydroxyl groups is 1. The van der Waals surface area contributed by atoms with Gasteiger partial charge in [0.05, 0.1) is 30.6 Å². The third-order valence-corrected chi connectivity index (χ3v) is 5.21. The van der Waals surface area contributed by atoms with Crippen LogP contribution in [0.1, 0.15) is 11.1 Å². The summed E-state index contributed by atoms with van der Waals surface area (Å²) in [7, 11) is 0. The minimum absolute atomic E-state index is 0.0194. The Kier molecular flexibility index (Phi) is 7.05. The van der Waals surface area contributed by atoms with Crippen molar-refractivity contribution in [3.8, 4) is 0 Å². The van der Waals surface area contributed by atoms with E-state index in [1.807, 2.05) is 4.90 Å². The Morgan fingerprint density at radius 3 is 2.79 bits per heavy atom. The molecule has 3 heterocycles. The van der Waals surface area contributed by atoms with Gasteiger partial charge in [-0.1, -0.05) is 0 Å². The van der Waals surface area contributed by atoms with Gasteiger partial charge in [-0.2, -0.15) is 10.1 Å². The highest BCUT2D eigenvalue weighted by Crippen LogP contribution is 2.24. The van der Waals surface area contributed by atoms with E-state index in [9.17, 15) is 8.78 Å². The van der Waals surface area contributed by atoms with Crippen molar-refractivity contribution in [3.63, 3.8) is 0 Å². The molecule has 5 N–H and O–H groups in total. The lowest BCUT2D eigenvalue weighted by Gasteiger charge is -2.30. The molecule has 1 aliphatic rings. The van der Waals surface area contributed by atoms with E-state index < -0.39 is 11.6 Å². The van der Waals surface area contributed by atoms with E-state index in [2.05, 4.69) is 31.0 Å². The summed E-state index contributed by atoms with van der Waals surface area (Å²) in [6.07, 6.45) is 5.80. The molecule has 1 fully saturated rings. The zero-order valence-corrected chi connectivity index (χ0v) is 17.9. The highest BCUT2D eigenvalue weighted by Gasteiger charge is 2.17. The first-order valence-corrected chi connectivity index (χ1v) is 10.5. The predicted molar refractivity (Wildman–Crippen MR) is 121 cm³/mol. The number of hydrogen-bond donors (Lipinski definition) is 5. The van der Waals surface area contributed by atoms with Gasteiger partial charge in [0.2, 0.25) is 5.95 Å². The van der Waals surface area contributed by atoms with Crippen molar-refractivity contribution in [1.82, 2.24) is 25.1 Å². The van der Waals surface area contributed by atoms with Crippen LogP contribution in [0.15, 0.2) is 30.7 Å². The first kappa shape index (κ1) is 22.6. The van der Waals surface area contributed by atoms with Gasteiger partial charge in [0.1, 0.15) is 5.82 Å². The molecule has 10 nitrogen and oxygen atoms in total. The van der Waals surface area contributed by atoms with E-state index in [0.717, 1.165) is 19.3 Å². The van der Waals surface area contributed by atoms with Gasteiger partial charge in [-0.05, 0) is 6.07 Å². The second-order valence-corrected chi connectivity index (χ2v) is 7.47. The Bertz CT molecular complexity index is 1120. The Hall–Kier alpha value is -3.64. The lowest BCUT2D eigenvalue weighted by molar-refractivity contribution is 0.269. The summed E-state index contributed by atoms with van der Waals surface area (Å²) < 4.78 is 30.4. The number of hydrogen-bond acceptors (Lipinski definition) is 9. The van der Waals surface area contributed by atoms with Crippen molar-refractivity contribution < 1.29 is 13.9 Å². The fourth-order valence-electron chi connectivity index (χ4n) is 3.52. The van der Waals surface area contributed by atoms with Gasteiger partial charge in [-0.15, -0.1) is 0 Å². The molecule has 174 valence electrons. The number of piperazine rings is 1. The summed E-state index contributed by atoms with van der Waals surface area (Å²) >= 11 is 0. The van der Waals surface area contributed by atoms with Crippen molar-refractivity contribution in [1.29, 1.82) is 5.41 Å². The molecule has 1 saturated heterocycles. The summed E-state index contributed by atoms with van der Waals surface area (Å²) in [6, 6.07) is 2.85. The van der Waals surface area contributed by atoms with Crippen LogP contribution >= 0.6 is 0 Å². The third kappa shape index (κ3) is 5.41. The predicted octanol–water partition coefficient (Wildman–Crippen LogP) is 1.71. The maximum absolute atomic E-state index is 14.5. The number of aliphatic hydroxyl groups excluding tert-OH is 1. The molecule has 0 saturated carbocycles. The lowest BCUT2D eigenvalue weighted by Crippen LogP contribution is -2.43. The van der Waals surface area contributed by atoms with Gasteiger partial charge in [0, 0.05) is 68.6 Å². The summed E-state index contributed by atoms with van der Waals surface area (Å²) in [5.41, 5.74) is 1.81. The highest BCUT2D eigenvalue weighted by molar-refractivity contribution is 5.84. The molecule has 3 aromatic rings. The van der Waals surface area contributed by atoms with Crippen LogP contribution in [0, 0.1) is 17.0 Å². The summed E-state index contributed by atoms with van der Waals surface area (Å²) in [4.78, 5) is 10.6. The van der Waals surface area contributed by atoms with Crippen LogP contribution < -0.4 is 20.9 Å². The van der Waals surface area contributed by atoms with Gasteiger partial charge in [-0.3, -0.25) is 4.68 Å². The van der Waals surface area contributed by atoms with Crippen LogP contribution in [0.5, 0.6) is 0 Å². The first-order valence-electron chi connectivity index (χ1n) is 10.5. The van der Waals surface area contributed by atoms with Gasteiger partial charge in [0.15, 0.2) is 11.6 Å². The fraction of sp³-hybridized carbons (Fsp3) is 0.333. The average molecular weight is 457 g/mol. The van der Waals surface area contributed by atoms with Crippen molar-refractivity contribution in [2.24, 2.45) is 0 Å². The topological polar surface area (TPSA) is 127 Å². The van der Waals surface area contributed by atoms with Gasteiger partial charge in [0.25, 0.3) is 0 Å². The summed E-state index contributed by atoms with van der Waals surface area (Å²) in [6.45, 7) is 3.30. The van der Waals surface area contributed by atoms with Crippen LogP contribution in [0.2, 0.25) is 0 Å². The van der Waals surface area contributed by atoms with Crippen molar-refractivity contribution in [2.75, 3.05) is 48.3 Å². The number of anilines is 4. The quantitative estimate of drug-likeness (QED) is 0.308. The highest BCUT2D eigenvalue weighted by atomic mass is 19.2. The molecule has 0 spiro atoms. The first-order chi connectivity index (χ1) is 16.1. The van der Waals surface area contributed by atoms with Crippen LogP contribution in [0.25, 0.3) is 0 Å². The molecule has 0 aliphatic carbocycles. The van der Waals surface area contributed by atoms with Crippen molar-refractivity contribution >= 4 is 29.4 Å². The number of halogens is 2. The molecule has 0 atom stereocenters. The Morgan fingerprint density at radius 1 is 1.21 bits per heavy atom. The molecular weight excluding hydrogens is 432 g/mol. The van der Waals surface area contributed by atoms with E-state index >= 15 is 0 Å². The molecule has 4 rings (SSSR count). The van der Waals surface area contributed by atoms with Crippen LogP contribution in [-0.4, -0.2) is 63.9 Å². The maximum atomic E-state index is 14.5. The minimum atomic E-state index is -0.915. The largest absolute Gasteiger partial charge is 0.394 e. The standard InChI is InChI=1S/C21H25F2N9O/c22-18-8-17(31-3-1-25-2-4-31)7-14(19(18)23)10-26-20-15(9-24)11-27-21(30-20)29-16-12-28-32(13-16)5-6-33/h7-9,11-13,24-25,33H,1-6,10H2,(H2,26,27,29,30). The smallest absolute Gasteiger partial charge is 0.229 e. The van der Waals surface area contributed by atoms with Crippen LogP contribution in [0.4, 0.5) is 31.9 Å². The molecular formula is C21H25F2N9O. The SMILES string of the molecule is N=Cc1cnc(Nc2cnn(CCO)c2)nc1NCc1cc(N2CCNCC2)cc(F)c1F. The minimum Gasteiger partial charge on any atom is -0.394 e. The van der Waals surface area contributed by atoms with Gasteiger partial charge < -0.3 is 31.4 Å². The molecule has 2 aromatic heterocycles. The Balaban J connectivity index is 1.51. The second kappa shape index (κ2) is 10.3. The lowest BCUT2D eigenvalue weighted by atomic mass is 10.1. The van der Waals surface area contributed by atoms with Gasteiger partial charge in [-0.25, -0.2) is 13.8 Å². The average Bonchev–Trinajstić information content (AvgIpc) is 3.27. The van der Waals surface area contributed by atoms with Crippen molar-refractivity contribution in [3.05, 3.63) is 53.5 Å². The molecule has 33 heavy (non-hydrogen) atoms. The number of benzene rings is 1. The summed E-state index contributed by atoms with van der Waals surface area (Å²) in [5, 5.41) is 29.9. The maximum Gasteiger partial charge on any atom is 0.229 e. The molecule has 1 aromatic carbocycles. The number of nitrogens with zero attached hydrogens (tertiary/aromatic N) is 5. The van der Waals surface area contributed by atoms with Gasteiger partial charge >= 0.3 is 0 Å². The Morgan fingerprint density at radius 2 is 2.03 bits per heavy atom. The number of aromatic nitrogens is 4. The van der Waals surface area contributed by atoms with E-state index in [1.54, 1.807) is 23.1 Å². The molecule has 12 heteroatoms. The van der Waals surface area contributed by atoms with Crippen LogP contribution in [0.3, 0.4) is 0 Å². The number of nitrogens with one attached hydrogen (secondary N) is 4. The molecule has 0 radical (unpaired) electrons. The monoisotopic (exact) mass is 457 g/mol. The second-order valence-electron chi connectivity index (χ2n) is 7.47. The zero-order valence-electron chi connectivity index (χ0n) is 17.9. The van der Waals surface area contributed by atoms with E-state index in [4.69, 9.17) is 10.5 Å². The zero-order chi connectivity index (χ0) is 23.2. The third-order valence-electron chi connectivity index (χ3n) is 5.21. The summed E-state index contributed by atoms with van der Waals surface area (Å²) in [5.74, 6) is -1.27. The molecule has 0 unspecified atom stereocenters. The van der Waals surface area contributed by atoms with Crippen LogP contribution in [-0.2, 0) is 13.1 Å². The Labute approximate surface area is 189 Å².